The first-order valence-corrected chi connectivity index (χ1v) is 17.7. The molecule has 298 valence electrons. The van der Waals surface area contributed by atoms with E-state index >= 15 is 0 Å². The number of hydrogen-bond donors (Lipinski definition) is 14. The summed E-state index contributed by atoms with van der Waals surface area (Å²) < 4.78 is 36.1. The van der Waals surface area contributed by atoms with Gasteiger partial charge in [0, 0.05) is 19.1 Å². The fourth-order valence-electron chi connectivity index (χ4n) is 6.80. The molecule has 4 aliphatic rings. The third kappa shape index (κ3) is 10.5. The Balaban J connectivity index is 1.53. The highest BCUT2D eigenvalue weighted by Gasteiger charge is 2.54. The van der Waals surface area contributed by atoms with Gasteiger partial charge in [0.05, 0.1) is 30.8 Å². The van der Waals surface area contributed by atoms with Crippen LogP contribution in [0.2, 0.25) is 0 Å². The van der Waals surface area contributed by atoms with Gasteiger partial charge in [-0.3, -0.25) is 4.79 Å². The van der Waals surface area contributed by atoms with Crippen LogP contribution in [-0.4, -0.2) is 186 Å². The van der Waals surface area contributed by atoms with Crippen LogP contribution in [0.4, 0.5) is 0 Å². The summed E-state index contributed by atoms with van der Waals surface area (Å²) in [5.74, 6) is -0.782. The van der Waals surface area contributed by atoms with Crippen LogP contribution in [0.1, 0.15) is 32.1 Å². The van der Waals surface area contributed by atoms with E-state index in [0.717, 1.165) is 6.42 Å². The molecule has 0 spiro atoms. The number of carbonyl (C=O) groups is 1. The molecule has 18 atom stereocenters. The molecule has 0 aromatic carbocycles. The molecule has 3 saturated heterocycles. The highest BCUT2D eigenvalue weighted by molar-refractivity contribution is 5.80. The molecule has 51 heavy (non-hydrogen) atoms. The summed E-state index contributed by atoms with van der Waals surface area (Å²) in [6, 6.07) is -3.76. The smallest absolute Gasteiger partial charge is 0.249 e. The van der Waals surface area contributed by atoms with Crippen molar-refractivity contribution in [1.82, 2.24) is 10.6 Å². The third-order valence-electron chi connectivity index (χ3n) is 9.84. The lowest BCUT2D eigenvalue weighted by Gasteiger charge is -2.46. The molecular formula is C30H60N8O13. The van der Waals surface area contributed by atoms with Crippen LogP contribution >= 0.6 is 0 Å². The molecule has 0 aromatic heterocycles. The lowest BCUT2D eigenvalue weighted by Crippen LogP contribution is -2.67. The number of carbonyl (C=O) groups excluding carboxylic acids is 1. The summed E-state index contributed by atoms with van der Waals surface area (Å²) in [5, 5.41) is 69.9. The van der Waals surface area contributed by atoms with Gasteiger partial charge >= 0.3 is 0 Å². The topological polar surface area (TPSA) is 374 Å². The molecule has 0 bridgehead atoms. The lowest BCUT2D eigenvalue weighted by molar-refractivity contribution is -0.290. The first kappa shape index (κ1) is 42.5. The molecule has 3 heterocycles. The zero-order valence-corrected chi connectivity index (χ0v) is 28.7. The van der Waals surface area contributed by atoms with Crippen LogP contribution < -0.4 is 45.0 Å². The van der Waals surface area contributed by atoms with Gasteiger partial charge in [-0.25, -0.2) is 0 Å². The monoisotopic (exact) mass is 740 g/mol. The maximum absolute atomic E-state index is 12.7. The molecule has 1 unspecified atom stereocenters. The van der Waals surface area contributed by atoms with E-state index in [1.165, 1.54) is 0 Å². The van der Waals surface area contributed by atoms with E-state index in [2.05, 4.69) is 10.6 Å². The average molecular weight is 741 g/mol. The minimum absolute atomic E-state index is 0.00865. The van der Waals surface area contributed by atoms with Gasteiger partial charge in [-0.1, -0.05) is 0 Å². The Labute approximate surface area is 296 Å². The number of nitrogens with two attached hydrogens (primary N) is 6. The van der Waals surface area contributed by atoms with E-state index in [1.54, 1.807) is 0 Å². The summed E-state index contributed by atoms with van der Waals surface area (Å²) in [7, 11) is 0. The van der Waals surface area contributed by atoms with Gasteiger partial charge in [-0.15, -0.1) is 0 Å². The Hall–Kier alpha value is -1.29. The van der Waals surface area contributed by atoms with Gasteiger partial charge in [0.1, 0.15) is 61.0 Å². The highest BCUT2D eigenvalue weighted by Crippen LogP contribution is 2.34. The van der Waals surface area contributed by atoms with Crippen LogP contribution in [0, 0.1) is 0 Å². The van der Waals surface area contributed by atoms with Crippen molar-refractivity contribution < 1.29 is 63.9 Å². The van der Waals surface area contributed by atoms with E-state index in [9.17, 15) is 35.4 Å². The molecule has 21 heteroatoms. The summed E-state index contributed by atoms with van der Waals surface area (Å²) in [4.78, 5) is 12.7. The van der Waals surface area contributed by atoms with Crippen molar-refractivity contribution in [1.29, 1.82) is 0 Å². The number of aliphatic hydroxyl groups is 6. The molecule has 1 aliphatic carbocycles. The molecule has 1 amide bonds. The molecule has 4 fully saturated rings. The first-order chi connectivity index (χ1) is 24.3. The van der Waals surface area contributed by atoms with Crippen molar-refractivity contribution in [2.45, 2.75) is 142 Å². The van der Waals surface area contributed by atoms with Crippen molar-refractivity contribution in [3.63, 3.8) is 0 Å². The second kappa shape index (κ2) is 19.9. The zero-order chi connectivity index (χ0) is 37.4. The maximum atomic E-state index is 12.7. The molecule has 4 rings (SSSR count). The lowest BCUT2D eigenvalue weighted by atomic mass is 9.83. The van der Waals surface area contributed by atoms with Crippen LogP contribution in [0.15, 0.2) is 0 Å². The Morgan fingerprint density at radius 2 is 1.47 bits per heavy atom. The fraction of sp³-hybridized carbons (Fsp3) is 0.967. The zero-order valence-electron chi connectivity index (χ0n) is 28.7. The Kier molecular flexibility index (Phi) is 16.5. The molecule has 3 aliphatic heterocycles. The highest BCUT2D eigenvalue weighted by atomic mass is 16.8. The van der Waals surface area contributed by atoms with E-state index in [1.807, 2.05) is 0 Å². The number of hydrogen-bond acceptors (Lipinski definition) is 20. The molecule has 0 radical (unpaired) electrons. The average Bonchev–Trinajstić information content (AvgIpc) is 3.41. The van der Waals surface area contributed by atoms with Crippen LogP contribution in [0.25, 0.3) is 0 Å². The summed E-state index contributed by atoms with van der Waals surface area (Å²) >= 11 is 0. The molecule has 1 saturated carbocycles. The van der Waals surface area contributed by atoms with Crippen molar-refractivity contribution in [3.05, 3.63) is 0 Å². The number of ether oxygens (including phenoxy) is 6. The second-order valence-electron chi connectivity index (χ2n) is 13.7. The molecule has 0 aromatic rings. The van der Waals surface area contributed by atoms with E-state index in [0.29, 0.717) is 32.5 Å². The maximum Gasteiger partial charge on any atom is 0.249 e. The van der Waals surface area contributed by atoms with Crippen molar-refractivity contribution in [2.24, 2.45) is 34.4 Å². The molecule has 21 nitrogen and oxygen atoms in total. The van der Waals surface area contributed by atoms with Gasteiger partial charge in [0.2, 0.25) is 5.91 Å². The summed E-state index contributed by atoms with van der Waals surface area (Å²) in [5.41, 5.74) is 35.8. The van der Waals surface area contributed by atoms with Crippen LogP contribution in [0.5, 0.6) is 0 Å². The minimum atomic E-state index is -1.64. The van der Waals surface area contributed by atoms with Gasteiger partial charge in [0.25, 0.3) is 0 Å². The van der Waals surface area contributed by atoms with E-state index in [-0.39, 0.29) is 32.0 Å². The van der Waals surface area contributed by atoms with Crippen molar-refractivity contribution in [2.75, 3.05) is 39.3 Å². The first-order valence-electron chi connectivity index (χ1n) is 17.7. The van der Waals surface area contributed by atoms with E-state index in [4.69, 9.17) is 62.8 Å². The van der Waals surface area contributed by atoms with Gasteiger partial charge < -0.3 is 104 Å². The minimum Gasteiger partial charge on any atom is -0.394 e. The molecular weight excluding hydrogens is 680 g/mol. The standard InChI is InChI=1S/C30H60N8O13/c31-5-1-7-37-10-12-2-3-13(34)28(46-12)49-24-14(35)8-15(38-27(45)16(40)4-6-32)20(41)26(24)51-30-23(44)25(18(11-39)48-30)50-29-19(36)22(43)21(42)17(9-33)47-29/h12-26,28-30,37,39-44H,1-11,31-36H2,(H,38,45)/t12-,13+,14-,15+,16?,17-,18+,19+,20-,21+,22+,23+,24+,25+,26+,28+,29+,30-/m0/s1. The Bertz CT molecular complexity index is 1060. The second-order valence-corrected chi connectivity index (χ2v) is 13.7. The number of rotatable bonds is 17. The quantitative estimate of drug-likeness (QED) is 0.0616. The normalized spacial score (nSPS) is 44.0. The van der Waals surface area contributed by atoms with Gasteiger partial charge in [0.15, 0.2) is 18.9 Å². The third-order valence-corrected chi connectivity index (χ3v) is 9.84. The van der Waals surface area contributed by atoms with E-state index < -0.39 is 117 Å². The van der Waals surface area contributed by atoms with Gasteiger partial charge in [-0.05, 0) is 51.7 Å². The number of amides is 1. The number of aliphatic hydroxyl groups excluding tert-OH is 6. The predicted octanol–water partition coefficient (Wildman–Crippen LogP) is -7.99. The number of nitrogens with one attached hydrogen (secondary N) is 2. The van der Waals surface area contributed by atoms with Crippen molar-refractivity contribution >= 4 is 5.91 Å². The largest absolute Gasteiger partial charge is 0.394 e. The summed E-state index contributed by atoms with van der Waals surface area (Å²) in [6.07, 6.45) is -15.7. The van der Waals surface area contributed by atoms with Crippen molar-refractivity contribution in [3.8, 4) is 0 Å². The fourth-order valence-corrected chi connectivity index (χ4v) is 6.80. The molecule has 20 N–H and O–H groups in total. The predicted molar refractivity (Wildman–Crippen MR) is 177 cm³/mol. The van der Waals surface area contributed by atoms with Crippen LogP contribution in [0.3, 0.4) is 0 Å². The van der Waals surface area contributed by atoms with Crippen LogP contribution in [-0.2, 0) is 33.2 Å². The Morgan fingerprint density at radius 1 is 0.784 bits per heavy atom. The Morgan fingerprint density at radius 3 is 2.14 bits per heavy atom. The summed E-state index contributed by atoms with van der Waals surface area (Å²) in [6.45, 7) is 0.976. The van der Waals surface area contributed by atoms with Gasteiger partial charge in [-0.2, -0.15) is 0 Å². The SMILES string of the molecule is NCCCNC[C@@H]1CC[C@@H](N)[C@@H](O[C@H]2[C@H](O[C@@H]3O[C@H](CO)[C@@H](O[C@H]4O[C@@H](CN)[C@@H](O)[C@H](O)[C@H]4N)[C@H]3O)[C@@H](O)[C@H](NC(=O)C(O)CCN)C[C@@H]2N)O1.